The predicted octanol–water partition coefficient (Wildman–Crippen LogP) is 1.23. The molecule has 74 valence electrons. The molecule has 1 rings (SSSR count). The maximum atomic E-state index is 8.55. The van der Waals surface area contributed by atoms with E-state index in [0.717, 1.165) is 25.3 Å². The van der Waals surface area contributed by atoms with E-state index in [4.69, 9.17) is 9.84 Å². The Kier molecular flexibility index (Phi) is 4.82. The van der Waals surface area contributed by atoms with E-state index in [1.807, 2.05) is 11.4 Å². The highest BCUT2D eigenvalue weighted by Crippen LogP contribution is 2.20. The Balaban J connectivity index is 2.20. The molecule has 0 aliphatic carbocycles. The molecule has 0 bridgehead atoms. The number of hydrogen-bond acceptors (Lipinski definition) is 4. The molecule has 0 amide bonds. The minimum Gasteiger partial charge on any atom is -0.496 e. The molecule has 0 fully saturated rings. The van der Waals surface area contributed by atoms with Crippen molar-refractivity contribution in [2.24, 2.45) is 0 Å². The highest BCUT2D eigenvalue weighted by Gasteiger charge is 1.98. The maximum Gasteiger partial charge on any atom is 0.129 e. The summed E-state index contributed by atoms with van der Waals surface area (Å²) in [5.41, 5.74) is 0. The second-order valence-corrected chi connectivity index (χ2v) is 3.70. The Morgan fingerprint density at radius 3 is 3.08 bits per heavy atom. The second-order valence-electron chi connectivity index (χ2n) is 2.71. The third-order valence-corrected chi connectivity index (χ3v) is 2.59. The number of aliphatic hydroxyl groups is 1. The molecule has 0 atom stereocenters. The fraction of sp³-hybridized carbons (Fsp3) is 0.556. The zero-order valence-corrected chi connectivity index (χ0v) is 8.56. The van der Waals surface area contributed by atoms with Crippen molar-refractivity contribution in [3.8, 4) is 5.75 Å². The van der Waals surface area contributed by atoms with Gasteiger partial charge in [0.05, 0.1) is 7.11 Å². The van der Waals surface area contributed by atoms with Crippen molar-refractivity contribution in [1.82, 2.24) is 5.32 Å². The molecule has 4 heteroatoms. The van der Waals surface area contributed by atoms with Gasteiger partial charge in [0.1, 0.15) is 5.75 Å². The molecule has 1 aromatic heterocycles. The van der Waals surface area contributed by atoms with E-state index >= 15 is 0 Å². The van der Waals surface area contributed by atoms with Crippen LogP contribution in [0.4, 0.5) is 0 Å². The van der Waals surface area contributed by atoms with Crippen molar-refractivity contribution in [2.45, 2.75) is 13.0 Å². The van der Waals surface area contributed by atoms with Crippen molar-refractivity contribution in [3.05, 3.63) is 16.3 Å². The molecule has 0 radical (unpaired) electrons. The summed E-state index contributed by atoms with van der Waals surface area (Å²) in [7, 11) is 1.67. The third kappa shape index (κ3) is 3.76. The van der Waals surface area contributed by atoms with Gasteiger partial charge in [-0.15, -0.1) is 11.3 Å². The van der Waals surface area contributed by atoms with Crippen molar-refractivity contribution in [2.75, 3.05) is 20.3 Å². The largest absolute Gasteiger partial charge is 0.496 e. The first-order chi connectivity index (χ1) is 6.36. The number of thiophene rings is 1. The van der Waals surface area contributed by atoms with Crippen LogP contribution in [0.1, 0.15) is 11.3 Å². The molecule has 0 aromatic carbocycles. The average Bonchev–Trinajstić information content (AvgIpc) is 2.60. The van der Waals surface area contributed by atoms with Gasteiger partial charge in [-0.3, -0.25) is 0 Å². The maximum absolute atomic E-state index is 8.55. The number of aliphatic hydroxyl groups excluding tert-OH is 1. The van der Waals surface area contributed by atoms with Crippen LogP contribution in [0.2, 0.25) is 0 Å². The summed E-state index contributed by atoms with van der Waals surface area (Å²) in [5, 5.41) is 13.8. The molecular formula is C9H15NO2S. The molecule has 1 aromatic rings. The van der Waals surface area contributed by atoms with Crippen LogP contribution in [0.3, 0.4) is 0 Å². The molecule has 0 aliphatic heterocycles. The van der Waals surface area contributed by atoms with Crippen LogP contribution >= 0.6 is 11.3 Å². The fourth-order valence-electron chi connectivity index (χ4n) is 0.976. The van der Waals surface area contributed by atoms with Gasteiger partial charge in [0.25, 0.3) is 0 Å². The Morgan fingerprint density at radius 2 is 2.46 bits per heavy atom. The zero-order valence-electron chi connectivity index (χ0n) is 7.75. The molecule has 1 heterocycles. The van der Waals surface area contributed by atoms with Gasteiger partial charge >= 0.3 is 0 Å². The van der Waals surface area contributed by atoms with Crippen LogP contribution in [-0.2, 0) is 6.54 Å². The highest BCUT2D eigenvalue weighted by molar-refractivity contribution is 7.10. The lowest BCUT2D eigenvalue weighted by Crippen LogP contribution is -2.14. The highest BCUT2D eigenvalue weighted by atomic mass is 32.1. The summed E-state index contributed by atoms with van der Waals surface area (Å²) >= 11 is 1.68. The monoisotopic (exact) mass is 201 g/mol. The molecule has 2 N–H and O–H groups in total. The number of hydrogen-bond donors (Lipinski definition) is 2. The van der Waals surface area contributed by atoms with E-state index in [9.17, 15) is 0 Å². The molecule has 0 aliphatic rings. The number of ether oxygens (including phenoxy) is 1. The van der Waals surface area contributed by atoms with Crippen molar-refractivity contribution in [1.29, 1.82) is 0 Å². The number of rotatable bonds is 6. The first-order valence-electron chi connectivity index (χ1n) is 4.30. The summed E-state index contributed by atoms with van der Waals surface area (Å²) in [4.78, 5) is 1.26. The summed E-state index contributed by atoms with van der Waals surface area (Å²) in [5.74, 6) is 0.920. The van der Waals surface area contributed by atoms with Crippen LogP contribution in [-0.4, -0.2) is 25.4 Å². The van der Waals surface area contributed by atoms with E-state index in [1.54, 1.807) is 18.4 Å². The van der Waals surface area contributed by atoms with Gasteiger partial charge in [-0.05, 0) is 19.0 Å². The summed E-state index contributed by atoms with van der Waals surface area (Å²) in [6.07, 6.45) is 0.808. The topological polar surface area (TPSA) is 41.5 Å². The normalized spacial score (nSPS) is 10.3. The predicted molar refractivity (Wildman–Crippen MR) is 54.3 cm³/mol. The molecule has 0 spiro atoms. The van der Waals surface area contributed by atoms with Crippen LogP contribution in [0.5, 0.6) is 5.75 Å². The van der Waals surface area contributed by atoms with Crippen molar-refractivity contribution >= 4 is 11.3 Å². The van der Waals surface area contributed by atoms with Crippen LogP contribution in [0, 0.1) is 0 Å². The van der Waals surface area contributed by atoms with Gasteiger partial charge in [0.15, 0.2) is 0 Å². The third-order valence-electron chi connectivity index (χ3n) is 1.68. The van der Waals surface area contributed by atoms with E-state index in [-0.39, 0.29) is 6.61 Å². The Bertz CT molecular complexity index is 237. The van der Waals surface area contributed by atoms with Crippen molar-refractivity contribution < 1.29 is 9.84 Å². The van der Waals surface area contributed by atoms with Gasteiger partial charge in [0, 0.05) is 23.4 Å². The lowest BCUT2D eigenvalue weighted by Gasteiger charge is -1.99. The van der Waals surface area contributed by atoms with E-state index in [1.165, 1.54) is 4.88 Å². The smallest absolute Gasteiger partial charge is 0.129 e. The molecule has 0 unspecified atom stereocenters. The summed E-state index contributed by atoms with van der Waals surface area (Å²) in [6.45, 7) is 1.96. The summed E-state index contributed by atoms with van der Waals surface area (Å²) < 4.78 is 5.06. The Labute approximate surface area is 82.4 Å². The van der Waals surface area contributed by atoms with Crippen LogP contribution < -0.4 is 10.1 Å². The van der Waals surface area contributed by atoms with Gasteiger partial charge in [-0.25, -0.2) is 0 Å². The number of methoxy groups -OCH3 is 1. The SMILES string of the molecule is COc1csc(CNCCCO)c1. The molecule has 0 saturated heterocycles. The Hall–Kier alpha value is -0.580. The fourth-order valence-corrected chi connectivity index (χ4v) is 1.78. The van der Waals surface area contributed by atoms with E-state index < -0.39 is 0 Å². The van der Waals surface area contributed by atoms with Crippen molar-refractivity contribution in [3.63, 3.8) is 0 Å². The van der Waals surface area contributed by atoms with Gasteiger partial charge < -0.3 is 15.2 Å². The first-order valence-corrected chi connectivity index (χ1v) is 5.17. The number of nitrogens with one attached hydrogen (secondary N) is 1. The molecule has 13 heavy (non-hydrogen) atoms. The van der Waals surface area contributed by atoms with E-state index in [2.05, 4.69) is 5.32 Å². The molecule has 0 saturated carbocycles. The van der Waals surface area contributed by atoms with Crippen LogP contribution in [0.25, 0.3) is 0 Å². The Morgan fingerprint density at radius 1 is 1.62 bits per heavy atom. The van der Waals surface area contributed by atoms with E-state index in [0.29, 0.717) is 0 Å². The summed E-state index contributed by atoms with van der Waals surface area (Å²) in [6, 6.07) is 2.02. The lowest BCUT2D eigenvalue weighted by molar-refractivity contribution is 0.286. The first kappa shape index (κ1) is 10.5. The van der Waals surface area contributed by atoms with Gasteiger partial charge in [-0.2, -0.15) is 0 Å². The minimum absolute atomic E-state index is 0.251. The lowest BCUT2D eigenvalue weighted by atomic mass is 10.4. The van der Waals surface area contributed by atoms with Gasteiger partial charge in [-0.1, -0.05) is 0 Å². The van der Waals surface area contributed by atoms with Gasteiger partial charge in [0.2, 0.25) is 0 Å². The quantitative estimate of drug-likeness (QED) is 0.680. The zero-order chi connectivity index (χ0) is 9.52. The standard InChI is InChI=1S/C9H15NO2S/c1-12-8-5-9(13-7-8)6-10-3-2-4-11/h5,7,10-11H,2-4,6H2,1H3. The second kappa shape index (κ2) is 5.96. The molecular weight excluding hydrogens is 186 g/mol. The minimum atomic E-state index is 0.251. The van der Waals surface area contributed by atoms with Crippen LogP contribution in [0.15, 0.2) is 11.4 Å². The molecule has 3 nitrogen and oxygen atoms in total. The average molecular weight is 201 g/mol.